The molecule has 0 atom stereocenters. The van der Waals surface area contributed by atoms with Crippen molar-refractivity contribution in [2.45, 2.75) is 31.6 Å². The molecule has 34 heavy (non-hydrogen) atoms. The van der Waals surface area contributed by atoms with Gasteiger partial charge in [-0.25, -0.2) is 8.42 Å². The zero-order valence-electron chi connectivity index (χ0n) is 19.0. The summed E-state index contributed by atoms with van der Waals surface area (Å²) < 4.78 is 39.5. The number of hydrogen-bond donors (Lipinski definition) is 0. The molecule has 0 aliphatic carbocycles. The lowest BCUT2D eigenvalue weighted by Crippen LogP contribution is -2.40. The summed E-state index contributed by atoms with van der Waals surface area (Å²) in [6, 6.07) is 17.5. The first-order valence-electron chi connectivity index (χ1n) is 10.6. The van der Waals surface area contributed by atoms with E-state index >= 15 is 0 Å². The minimum atomic E-state index is -4.24. The summed E-state index contributed by atoms with van der Waals surface area (Å²) in [5.74, 6) is 0.576. The minimum absolute atomic E-state index is 0.0680. The highest BCUT2D eigenvalue weighted by Gasteiger charge is 2.31. The summed E-state index contributed by atoms with van der Waals surface area (Å²) in [5, 5.41) is 0.385. The maximum atomic E-state index is 13.5. The lowest BCUT2D eigenvalue weighted by Gasteiger charge is -2.23. The van der Waals surface area contributed by atoms with Crippen LogP contribution in [-0.2, 0) is 14.8 Å². The van der Waals surface area contributed by atoms with E-state index in [1.807, 2.05) is 19.1 Å². The van der Waals surface area contributed by atoms with Crippen LogP contribution in [0.5, 0.6) is 11.5 Å². The maximum Gasteiger partial charge on any atom is 0.278 e. The van der Waals surface area contributed by atoms with Crippen molar-refractivity contribution in [2.75, 3.05) is 17.5 Å². The van der Waals surface area contributed by atoms with E-state index in [2.05, 4.69) is 29.8 Å². The van der Waals surface area contributed by atoms with Crippen molar-refractivity contribution in [3.8, 4) is 11.5 Å². The van der Waals surface area contributed by atoms with Gasteiger partial charge in [0.1, 0.15) is 11.5 Å². The van der Waals surface area contributed by atoms with Gasteiger partial charge in [0.15, 0.2) is 6.61 Å². The summed E-state index contributed by atoms with van der Waals surface area (Å²) >= 11 is 9.38. The highest BCUT2D eigenvalue weighted by molar-refractivity contribution is 9.10. The standard InChI is InChI=1S/C25H25BrClNO5S/c1-4-32-21-10-8-20(9-11-21)28(34(30,31)22-12-6-19(27)7-13-22)25(29)16-33-24-14-5-18(17(2)3)15-23(24)26/h5-15,17H,4,16H2,1-3H3. The van der Waals surface area contributed by atoms with E-state index < -0.39 is 22.5 Å². The van der Waals surface area contributed by atoms with Gasteiger partial charge in [0.2, 0.25) is 0 Å². The van der Waals surface area contributed by atoms with Crippen molar-refractivity contribution in [3.05, 3.63) is 81.8 Å². The molecule has 0 fully saturated rings. The zero-order valence-corrected chi connectivity index (χ0v) is 22.2. The average Bonchev–Trinajstić information content (AvgIpc) is 2.79. The molecule has 0 radical (unpaired) electrons. The van der Waals surface area contributed by atoms with Gasteiger partial charge in [-0.1, -0.05) is 31.5 Å². The topological polar surface area (TPSA) is 72.9 Å². The Morgan fingerprint density at radius 2 is 1.65 bits per heavy atom. The lowest BCUT2D eigenvalue weighted by molar-refractivity contribution is -0.119. The Labute approximate surface area is 213 Å². The monoisotopic (exact) mass is 565 g/mol. The second-order valence-corrected chi connectivity index (χ2v) is 10.8. The molecular formula is C25H25BrClNO5S. The third kappa shape index (κ3) is 6.11. The van der Waals surface area contributed by atoms with Gasteiger partial charge in [0.05, 0.1) is 21.7 Å². The summed E-state index contributed by atoms with van der Waals surface area (Å²) in [6.45, 7) is 5.96. The highest BCUT2D eigenvalue weighted by atomic mass is 79.9. The predicted octanol–water partition coefficient (Wildman–Crippen LogP) is 6.43. The van der Waals surface area contributed by atoms with Gasteiger partial charge >= 0.3 is 0 Å². The van der Waals surface area contributed by atoms with Crippen molar-refractivity contribution in [1.82, 2.24) is 0 Å². The molecule has 3 rings (SSSR count). The first-order chi connectivity index (χ1) is 16.1. The smallest absolute Gasteiger partial charge is 0.278 e. The number of rotatable bonds is 9. The number of hydrogen-bond acceptors (Lipinski definition) is 5. The third-order valence-corrected chi connectivity index (χ3v) is 7.57. The van der Waals surface area contributed by atoms with Crippen LogP contribution < -0.4 is 13.8 Å². The molecule has 3 aromatic rings. The molecule has 3 aromatic carbocycles. The summed E-state index contributed by atoms with van der Waals surface area (Å²) in [4.78, 5) is 13.2. The molecule has 0 saturated heterocycles. The summed E-state index contributed by atoms with van der Waals surface area (Å²) in [5.41, 5.74) is 1.27. The number of amides is 1. The second kappa shape index (κ2) is 11.3. The van der Waals surface area contributed by atoms with E-state index in [0.717, 1.165) is 9.87 Å². The SMILES string of the molecule is CCOc1ccc(N(C(=O)COc2ccc(C(C)C)cc2Br)S(=O)(=O)c2ccc(Cl)cc2)cc1. The predicted molar refractivity (Wildman–Crippen MR) is 137 cm³/mol. The van der Waals surface area contributed by atoms with Crippen molar-refractivity contribution in [3.63, 3.8) is 0 Å². The van der Waals surface area contributed by atoms with Gasteiger partial charge in [-0.05, 0) is 95.0 Å². The molecule has 180 valence electrons. The number of ether oxygens (including phenoxy) is 2. The Bertz CT molecular complexity index is 1250. The van der Waals surface area contributed by atoms with Crippen LogP contribution >= 0.6 is 27.5 Å². The Morgan fingerprint density at radius 3 is 2.21 bits per heavy atom. The van der Waals surface area contributed by atoms with E-state index in [1.165, 1.54) is 36.4 Å². The number of sulfonamides is 1. The fourth-order valence-corrected chi connectivity index (χ4v) is 5.21. The summed E-state index contributed by atoms with van der Waals surface area (Å²) in [6.07, 6.45) is 0. The van der Waals surface area contributed by atoms with Crippen LogP contribution in [0.4, 0.5) is 5.69 Å². The lowest BCUT2D eigenvalue weighted by atomic mass is 10.0. The maximum absolute atomic E-state index is 13.5. The van der Waals surface area contributed by atoms with Gasteiger partial charge in [-0.3, -0.25) is 4.79 Å². The number of carbonyl (C=O) groups excluding carboxylic acids is 1. The van der Waals surface area contributed by atoms with E-state index in [1.54, 1.807) is 18.2 Å². The van der Waals surface area contributed by atoms with Gasteiger partial charge in [-0.2, -0.15) is 4.31 Å². The van der Waals surface area contributed by atoms with Crippen molar-refractivity contribution >= 4 is 49.1 Å². The molecule has 0 N–H and O–H groups in total. The van der Waals surface area contributed by atoms with Gasteiger partial charge in [0.25, 0.3) is 15.9 Å². The van der Waals surface area contributed by atoms with E-state index in [0.29, 0.717) is 33.5 Å². The first kappa shape index (κ1) is 26.1. The Balaban J connectivity index is 1.93. The fraction of sp³-hybridized carbons (Fsp3) is 0.240. The van der Waals surface area contributed by atoms with Crippen molar-refractivity contribution in [2.24, 2.45) is 0 Å². The molecule has 0 aliphatic rings. The van der Waals surface area contributed by atoms with E-state index in [9.17, 15) is 13.2 Å². The largest absolute Gasteiger partial charge is 0.494 e. The molecule has 1 amide bonds. The van der Waals surface area contributed by atoms with Crippen LogP contribution in [0.3, 0.4) is 0 Å². The number of benzene rings is 3. The molecule has 0 bridgehead atoms. The molecule has 0 saturated carbocycles. The van der Waals surface area contributed by atoms with Crippen molar-refractivity contribution in [1.29, 1.82) is 0 Å². The Morgan fingerprint density at radius 1 is 1.00 bits per heavy atom. The van der Waals surface area contributed by atoms with Crippen LogP contribution in [0.25, 0.3) is 0 Å². The molecule has 9 heteroatoms. The van der Waals surface area contributed by atoms with Crippen LogP contribution in [0.2, 0.25) is 5.02 Å². The number of carbonyl (C=O) groups is 1. The van der Waals surface area contributed by atoms with Gasteiger partial charge in [-0.15, -0.1) is 0 Å². The molecule has 0 aromatic heterocycles. The highest BCUT2D eigenvalue weighted by Crippen LogP contribution is 2.30. The fourth-order valence-electron chi connectivity index (χ4n) is 3.16. The second-order valence-electron chi connectivity index (χ2n) is 7.68. The number of halogens is 2. The van der Waals surface area contributed by atoms with Crippen LogP contribution in [0.1, 0.15) is 32.3 Å². The normalized spacial score (nSPS) is 11.4. The molecule has 0 spiro atoms. The van der Waals surface area contributed by atoms with Gasteiger partial charge in [0, 0.05) is 5.02 Å². The van der Waals surface area contributed by atoms with Crippen molar-refractivity contribution < 1.29 is 22.7 Å². The zero-order chi connectivity index (χ0) is 24.9. The molecule has 6 nitrogen and oxygen atoms in total. The third-order valence-electron chi connectivity index (χ3n) is 4.93. The number of nitrogens with zero attached hydrogens (tertiary/aromatic N) is 1. The first-order valence-corrected chi connectivity index (χ1v) is 13.2. The van der Waals surface area contributed by atoms with Crippen LogP contribution in [0, 0.1) is 0 Å². The van der Waals surface area contributed by atoms with Crippen LogP contribution in [-0.4, -0.2) is 27.5 Å². The molecule has 0 aliphatic heterocycles. The van der Waals surface area contributed by atoms with Gasteiger partial charge < -0.3 is 9.47 Å². The van der Waals surface area contributed by atoms with Crippen LogP contribution in [0.15, 0.2) is 76.1 Å². The quantitative estimate of drug-likeness (QED) is 0.299. The molecule has 0 unspecified atom stereocenters. The average molecular weight is 567 g/mol. The Kier molecular flexibility index (Phi) is 8.62. The number of anilines is 1. The molecule has 0 heterocycles. The van der Waals surface area contributed by atoms with E-state index in [4.69, 9.17) is 21.1 Å². The summed E-state index contributed by atoms with van der Waals surface area (Å²) in [7, 11) is -4.24. The Hall–Kier alpha value is -2.55. The molecular weight excluding hydrogens is 542 g/mol. The van der Waals surface area contributed by atoms with E-state index in [-0.39, 0.29) is 10.6 Å². The minimum Gasteiger partial charge on any atom is -0.494 e.